The number of amides is 1. The lowest BCUT2D eigenvalue weighted by Gasteiger charge is -2.31. The van der Waals surface area contributed by atoms with Crippen molar-refractivity contribution in [1.29, 1.82) is 0 Å². The molecule has 1 aromatic heterocycles. The third kappa shape index (κ3) is 5.61. The Morgan fingerprint density at radius 2 is 1.80 bits per heavy atom. The first kappa shape index (κ1) is 23.7. The Hall–Kier alpha value is -3.06. The summed E-state index contributed by atoms with van der Waals surface area (Å²) >= 11 is 1.67. The van der Waals surface area contributed by atoms with Gasteiger partial charge < -0.3 is 14.5 Å². The van der Waals surface area contributed by atoms with Crippen molar-refractivity contribution in [3.8, 4) is 0 Å². The molecule has 4 aromatic rings. The number of carbonyl (C=O) groups is 1. The number of carbonyl (C=O) groups excluding carboxylic acids is 1. The SMILES string of the molecule is CN1CCC(OC(c2cccc(C(=O)N(C)Cc3ccccc3)c2)c2nc3ccccc3s2)CC1. The average Bonchev–Trinajstić information content (AvgIpc) is 3.32. The van der Waals surface area contributed by atoms with Crippen LogP contribution in [0.25, 0.3) is 10.2 Å². The number of piperidine rings is 1. The highest BCUT2D eigenvalue weighted by Crippen LogP contribution is 2.35. The van der Waals surface area contributed by atoms with E-state index in [9.17, 15) is 4.79 Å². The highest BCUT2D eigenvalue weighted by atomic mass is 32.1. The van der Waals surface area contributed by atoms with Crippen LogP contribution in [0.3, 0.4) is 0 Å². The number of hydrogen-bond donors (Lipinski definition) is 0. The lowest BCUT2D eigenvalue weighted by molar-refractivity contribution is -0.0234. The Morgan fingerprint density at radius 1 is 1.06 bits per heavy atom. The van der Waals surface area contributed by atoms with Crippen LogP contribution < -0.4 is 0 Å². The number of rotatable bonds is 7. The molecule has 1 amide bonds. The fourth-order valence-electron chi connectivity index (χ4n) is 4.58. The number of hydrogen-bond acceptors (Lipinski definition) is 5. The smallest absolute Gasteiger partial charge is 0.253 e. The Balaban J connectivity index is 1.43. The van der Waals surface area contributed by atoms with Crippen molar-refractivity contribution in [2.45, 2.75) is 31.6 Å². The van der Waals surface area contributed by atoms with Crippen LogP contribution in [0.2, 0.25) is 0 Å². The number of fused-ring (bicyclic) bond motifs is 1. The molecule has 5 rings (SSSR count). The minimum Gasteiger partial charge on any atom is -0.363 e. The van der Waals surface area contributed by atoms with Crippen molar-refractivity contribution < 1.29 is 9.53 Å². The van der Waals surface area contributed by atoms with Crippen LogP contribution in [0.15, 0.2) is 78.9 Å². The van der Waals surface area contributed by atoms with Gasteiger partial charge in [-0.2, -0.15) is 0 Å². The Bertz CT molecular complexity index is 1250. The van der Waals surface area contributed by atoms with Gasteiger partial charge in [-0.3, -0.25) is 4.79 Å². The molecule has 3 aromatic carbocycles. The number of likely N-dealkylation sites (tertiary alicyclic amines) is 1. The van der Waals surface area contributed by atoms with Crippen LogP contribution in [-0.2, 0) is 11.3 Å². The zero-order valence-electron chi connectivity index (χ0n) is 20.3. The number of aromatic nitrogens is 1. The van der Waals surface area contributed by atoms with E-state index >= 15 is 0 Å². The van der Waals surface area contributed by atoms with Gasteiger partial charge in [-0.15, -0.1) is 11.3 Å². The topological polar surface area (TPSA) is 45.7 Å². The van der Waals surface area contributed by atoms with Crippen LogP contribution in [0.1, 0.15) is 45.4 Å². The van der Waals surface area contributed by atoms with Crippen molar-refractivity contribution in [1.82, 2.24) is 14.8 Å². The van der Waals surface area contributed by atoms with Gasteiger partial charge >= 0.3 is 0 Å². The van der Waals surface area contributed by atoms with Gasteiger partial charge in [-0.1, -0.05) is 54.6 Å². The average molecular weight is 486 g/mol. The van der Waals surface area contributed by atoms with Crippen LogP contribution in [-0.4, -0.2) is 54.0 Å². The summed E-state index contributed by atoms with van der Waals surface area (Å²) in [6.45, 7) is 2.62. The van der Waals surface area contributed by atoms with Gasteiger partial charge in [-0.05, 0) is 55.3 Å². The normalized spacial score (nSPS) is 15.8. The molecule has 2 heterocycles. The number of benzene rings is 3. The summed E-state index contributed by atoms with van der Waals surface area (Å²) in [5.74, 6) is -0.00181. The van der Waals surface area contributed by atoms with Gasteiger partial charge in [0.2, 0.25) is 0 Å². The highest BCUT2D eigenvalue weighted by Gasteiger charge is 2.27. The van der Waals surface area contributed by atoms with E-state index in [0.29, 0.717) is 12.1 Å². The zero-order valence-corrected chi connectivity index (χ0v) is 21.1. The molecule has 6 heteroatoms. The fourth-order valence-corrected chi connectivity index (χ4v) is 5.61. The van der Waals surface area contributed by atoms with Crippen molar-refractivity contribution in [2.24, 2.45) is 0 Å². The van der Waals surface area contributed by atoms with Crippen LogP contribution in [0, 0.1) is 0 Å². The minimum atomic E-state index is -0.298. The molecule has 0 aliphatic carbocycles. The maximum atomic E-state index is 13.3. The van der Waals surface area contributed by atoms with E-state index in [2.05, 4.69) is 24.1 Å². The van der Waals surface area contributed by atoms with Crippen LogP contribution in [0.4, 0.5) is 0 Å². The van der Waals surface area contributed by atoms with Crippen LogP contribution >= 0.6 is 11.3 Å². The molecule has 35 heavy (non-hydrogen) atoms. The molecule has 0 N–H and O–H groups in total. The maximum Gasteiger partial charge on any atom is 0.253 e. The largest absolute Gasteiger partial charge is 0.363 e. The monoisotopic (exact) mass is 485 g/mol. The van der Waals surface area contributed by atoms with Gasteiger partial charge in [0.15, 0.2) is 0 Å². The molecule has 0 saturated carbocycles. The molecule has 1 aliphatic heterocycles. The van der Waals surface area contributed by atoms with E-state index in [1.54, 1.807) is 16.2 Å². The van der Waals surface area contributed by atoms with Gasteiger partial charge in [-0.25, -0.2) is 4.98 Å². The van der Waals surface area contributed by atoms with Crippen molar-refractivity contribution in [3.05, 3.63) is 101 Å². The number of ether oxygens (including phenoxy) is 1. The molecule has 5 nitrogen and oxygen atoms in total. The first-order valence-corrected chi connectivity index (χ1v) is 13.0. The predicted molar refractivity (Wildman–Crippen MR) is 142 cm³/mol. The molecule has 1 saturated heterocycles. The quantitative estimate of drug-likeness (QED) is 0.333. The summed E-state index contributed by atoms with van der Waals surface area (Å²) in [6.07, 6.45) is 1.86. The molecule has 1 aliphatic rings. The third-order valence-corrected chi connectivity index (χ3v) is 7.65. The molecule has 1 fully saturated rings. The Labute approximate surface area is 211 Å². The van der Waals surface area contributed by atoms with Crippen molar-refractivity contribution in [3.63, 3.8) is 0 Å². The second-order valence-electron chi connectivity index (χ2n) is 9.31. The van der Waals surface area contributed by atoms with E-state index < -0.39 is 0 Å². The summed E-state index contributed by atoms with van der Waals surface area (Å²) in [7, 11) is 4.00. The highest BCUT2D eigenvalue weighted by molar-refractivity contribution is 7.18. The number of para-hydroxylation sites is 1. The molecule has 0 bridgehead atoms. The first-order chi connectivity index (χ1) is 17.1. The summed E-state index contributed by atoms with van der Waals surface area (Å²) in [4.78, 5) is 22.3. The Morgan fingerprint density at radius 3 is 2.57 bits per heavy atom. The zero-order chi connectivity index (χ0) is 24.2. The van der Waals surface area contributed by atoms with E-state index in [0.717, 1.165) is 52.3 Å². The van der Waals surface area contributed by atoms with E-state index in [-0.39, 0.29) is 18.1 Å². The van der Waals surface area contributed by atoms with Crippen molar-refractivity contribution in [2.75, 3.05) is 27.2 Å². The molecule has 0 radical (unpaired) electrons. The second kappa shape index (κ2) is 10.7. The molecule has 0 spiro atoms. The number of thiazole rings is 1. The predicted octanol–water partition coefficient (Wildman–Crippen LogP) is 5.77. The molecular formula is C29H31N3O2S. The summed E-state index contributed by atoms with van der Waals surface area (Å²) in [5, 5.41) is 0.937. The van der Waals surface area contributed by atoms with Gasteiger partial charge in [0, 0.05) is 32.2 Å². The first-order valence-electron chi connectivity index (χ1n) is 12.2. The molecular weight excluding hydrogens is 454 g/mol. The summed E-state index contributed by atoms with van der Waals surface area (Å²) in [6, 6.07) is 26.1. The van der Waals surface area contributed by atoms with E-state index in [4.69, 9.17) is 9.72 Å². The van der Waals surface area contributed by atoms with Gasteiger partial charge in [0.05, 0.1) is 16.3 Å². The summed E-state index contributed by atoms with van der Waals surface area (Å²) < 4.78 is 7.88. The lowest BCUT2D eigenvalue weighted by Crippen LogP contribution is -2.35. The van der Waals surface area contributed by atoms with Gasteiger partial charge in [0.25, 0.3) is 5.91 Å². The molecule has 1 unspecified atom stereocenters. The molecule has 180 valence electrons. The maximum absolute atomic E-state index is 13.3. The number of nitrogens with zero attached hydrogens (tertiary/aromatic N) is 3. The third-order valence-electron chi connectivity index (χ3n) is 6.57. The lowest BCUT2D eigenvalue weighted by atomic mass is 10.0. The molecule has 1 atom stereocenters. The van der Waals surface area contributed by atoms with E-state index in [1.165, 1.54) is 0 Å². The van der Waals surface area contributed by atoms with E-state index in [1.807, 2.05) is 73.8 Å². The standard InChI is InChI=1S/C29H31N3O2S/c1-31-17-15-24(16-18-31)34-27(28-30-25-13-6-7-14-26(25)35-28)22-11-8-12-23(19-22)29(33)32(2)20-21-9-4-3-5-10-21/h3-14,19,24,27H,15-18,20H2,1-2H3. The summed E-state index contributed by atoms with van der Waals surface area (Å²) in [5.41, 5.74) is 3.73. The minimum absolute atomic E-state index is 0.00181. The van der Waals surface area contributed by atoms with Gasteiger partial charge in [0.1, 0.15) is 11.1 Å². The fraction of sp³-hybridized carbons (Fsp3) is 0.310. The Kier molecular flexibility index (Phi) is 7.23. The van der Waals surface area contributed by atoms with Crippen molar-refractivity contribution >= 4 is 27.5 Å². The van der Waals surface area contributed by atoms with Crippen LogP contribution in [0.5, 0.6) is 0 Å². The second-order valence-corrected chi connectivity index (χ2v) is 10.4.